The Bertz CT molecular complexity index is 681. The zero-order valence-electron chi connectivity index (χ0n) is 13.0. The van der Waals surface area contributed by atoms with E-state index in [9.17, 15) is 9.59 Å². The van der Waals surface area contributed by atoms with Gasteiger partial charge in [0.1, 0.15) is 11.4 Å². The van der Waals surface area contributed by atoms with E-state index in [-0.39, 0.29) is 12.3 Å². The van der Waals surface area contributed by atoms with Gasteiger partial charge in [-0.1, -0.05) is 0 Å². The highest BCUT2D eigenvalue weighted by Crippen LogP contribution is 2.23. The van der Waals surface area contributed by atoms with E-state index in [1.165, 1.54) is 7.11 Å². The molecule has 0 saturated heterocycles. The Labute approximate surface area is 132 Å². The number of aromatic nitrogens is 3. The Morgan fingerprint density at radius 2 is 1.91 bits per heavy atom. The van der Waals surface area contributed by atoms with E-state index in [0.717, 1.165) is 0 Å². The van der Waals surface area contributed by atoms with Crippen LogP contribution in [-0.4, -0.2) is 47.2 Å². The lowest BCUT2D eigenvalue weighted by atomic mass is 10.1. The molecule has 2 rings (SSSR count). The highest BCUT2D eigenvalue weighted by atomic mass is 16.6. The number of aromatic amines is 1. The molecule has 0 amide bonds. The smallest absolute Gasteiger partial charge is 0.361 e. The number of ether oxygens (including phenoxy) is 3. The minimum Gasteiger partial charge on any atom is -0.479 e. The largest absolute Gasteiger partial charge is 0.479 e. The first-order valence-corrected chi connectivity index (χ1v) is 6.99. The van der Waals surface area contributed by atoms with Crippen LogP contribution in [0.4, 0.5) is 0 Å². The van der Waals surface area contributed by atoms with Gasteiger partial charge >= 0.3 is 11.9 Å². The summed E-state index contributed by atoms with van der Waals surface area (Å²) in [5.74, 6) is -0.515. The number of carbonyl (C=O) groups excluding carboxylic acids is 2. The van der Waals surface area contributed by atoms with E-state index in [0.29, 0.717) is 17.0 Å². The molecule has 0 radical (unpaired) electrons. The molecule has 0 bridgehead atoms. The van der Waals surface area contributed by atoms with E-state index in [4.69, 9.17) is 9.47 Å². The Morgan fingerprint density at radius 3 is 2.52 bits per heavy atom. The fraction of sp³-hybridized carbons (Fsp3) is 0.333. The third-order valence-electron chi connectivity index (χ3n) is 2.99. The van der Waals surface area contributed by atoms with Gasteiger partial charge < -0.3 is 14.2 Å². The highest BCUT2D eigenvalue weighted by molar-refractivity contribution is 5.93. The summed E-state index contributed by atoms with van der Waals surface area (Å²) in [6, 6.07) is 6.75. The van der Waals surface area contributed by atoms with Gasteiger partial charge in [0.15, 0.2) is 11.8 Å². The molecule has 122 valence electrons. The number of esters is 2. The topological polar surface area (TPSA) is 103 Å². The molecule has 8 heteroatoms. The van der Waals surface area contributed by atoms with Crippen LogP contribution in [0.1, 0.15) is 24.3 Å². The monoisotopic (exact) mass is 319 g/mol. The summed E-state index contributed by atoms with van der Waals surface area (Å²) in [7, 11) is 1.30. The SMILES string of the molecule is CCOC(=O)c1n[nH]nc1-c1ccc(OC(C)C(=O)OC)cc1. The van der Waals surface area contributed by atoms with Gasteiger partial charge in [-0.3, -0.25) is 0 Å². The maximum atomic E-state index is 11.8. The Kier molecular flexibility index (Phi) is 5.29. The third-order valence-corrected chi connectivity index (χ3v) is 2.99. The van der Waals surface area contributed by atoms with Crippen molar-refractivity contribution in [3.63, 3.8) is 0 Å². The fourth-order valence-electron chi connectivity index (χ4n) is 1.88. The zero-order valence-corrected chi connectivity index (χ0v) is 13.0. The minimum absolute atomic E-state index is 0.114. The van der Waals surface area contributed by atoms with Crippen molar-refractivity contribution in [3.05, 3.63) is 30.0 Å². The second-order valence-electron chi connectivity index (χ2n) is 4.55. The van der Waals surface area contributed by atoms with E-state index >= 15 is 0 Å². The summed E-state index contributed by atoms with van der Waals surface area (Å²) < 4.78 is 15.0. The highest BCUT2D eigenvalue weighted by Gasteiger charge is 2.19. The number of nitrogens with one attached hydrogen (secondary N) is 1. The molecule has 0 fully saturated rings. The number of carbonyl (C=O) groups is 2. The molecule has 1 aromatic carbocycles. The molecule has 1 unspecified atom stereocenters. The number of benzene rings is 1. The van der Waals surface area contributed by atoms with Crippen LogP contribution >= 0.6 is 0 Å². The van der Waals surface area contributed by atoms with Crippen LogP contribution < -0.4 is 4.74 Å². The third kappa shape index (κ3) is 3.85. The maximum absolute atomic E-state index is 11.8. The van der Waals surface area contributed by atoms with Crippen LogP contribution in [0.15, 0.2) is 24.3 Å². The van der Waals surface area contributed by atoms with Crippen molar-refractivity contribution in [3.8, 4) is 17.0 Å². The quantitative estimate of drug-likeness (QED) is 0.806. The molecule has 23 heavy (non-hydrogen) atoms. The first-order chi connectivity index (χ1) is 11.1. The van der Waals surface area contributed by atoms with Gasteiger partial charge in [-0.25, -0.2) is 9.59 Å². The van der Waals surface area contributed by atoms with Crippen molar-refractivity contribution < 1.29 is 23.8 Å². The summed E-state index contributed by atoms with van der Waals surface area (Å²) >= 11 is 0. The summed E-state index contributed by atoms with van der Waals surface area (Å²) in [6.45, 7) is 3.56. The average molecular weight is 319 g/mol. The normalized spacial score (nSPS) is 11.6. The molecule has 0 aliphatic rings. The predicted molar refractivity (Wildman–Crippen MR) is 79.9 cm³/mol. The molecule has 0 saturated carbocycles. The van der Waals surface area contributed by atoms with E-state index in [2.05, 4.69) is 20.1 Å². The molecular weight excluding hydrogens is 302 g/mol. The number of hydrogen-bond donors (Lipinski definition) is 1. The van der Waals surface area contributed by atoms with Crippen molar-refractivity contribution in [2.45, 2.75) is 20.0 Å². The van der Waals surface area contributed by atoms with Crippen LogP contribution in [0.3, 0.4) is 0 Å². The molecule has 1 N–H and O–H groups in total. The summed E-state index contributed by atoms with van der Waals surface area (Å²) in [6.07, 6.45) is -0.715. The van der Waals surface area contributed by atoms with Gasteiger partial charge in [0.05, 0.1) is 13.7 Å². The van der Waals surface area contributed by atoms with Gasteiger partial charge in [-0.15, -0.1) is 5.10 Å². The Morgan fingerprint density at radius 1 is 1.22 bits per heavy atom. The van der Waals surface area contributed by atoms with E-state index in [1.807, 2.05) is 0 Å². The Balaban J connectivity index is 2.16. The summed E-state index contributed by atoms with van der Waals surface area (Å²) in [4.78, 5) is 23.1. The van der Waals surface area contributed by atoms with E-state index in [1.54, 1.807) is 38.1 Å². The predicted octanol–water partition coefficient (Wildman–Crippen LogP) is 1.59. The number of methoxy groups -OCH3 is 1. The molecule has 1 heterocycles. The number of rotatable bonds is 6. The number of hydrogen-bond acceptors (Lipinski definition) is 7. The fourth-order valence-corrected chi connectivity index (χ4v) is 1.88. The lowest BCUT2D eigenvalue weighted by molar-refractivity contribution is -0.147. The second-order valence-corrected chi connectivity index (χ2v) is 4.55. The lowest BCUT2D eigenvalue weighted by Crippen LogP contribution is -2.24. The van der Waals surface area contributed by atoms with Gasteiger partial charge in [-0.05, 0) is 38.1 Å². The Hall–Kier alpha value is -2.90. The number of H-pyrrole nitrogens is 1. The van der Waals surface area contributed by atoms with Gasteiger partial charge in [0, 0.05) is 5.56 Å². The van der Waals surface area contributed by atoms with Gasteiger partial charge in [0.25, 0.3) is 0 Å². The molecule has 0 aliphatic carbocycles. The van der Waals surface area contributed by atoms with Crippen molar-refractivity contribution in [2.75, 3.05) is 13.7 Å². The number of nitrogens with zero attached hydrogens (tertiary/aromatic N) is 2. The standard InChI is InChI=1S/C15H17N3O5/c1-4-22-15(20)13-12(16-18-17-13)10-5-7-11(8-6-10)23-9(2)14(19)21-3/h5-9H,4H2,1-3H3,(H,16,17,18). The van der Waals surface area contributed by atoms with Gasteiger partial charge in [0.2, 0.25) is 0 Å². The van der Waals surface area contributed by atoms with Gasteiger partial charge in [-0.2, -0.15) is 10.3 Å². The van der Waals surface area contributed by atoms with Crippen LogP contribution in [0, 0.1) is 0 Å². The van der Waals surface area contributed by atoms with Crippen LogP contribution in [-0.2, 0) is 14.3 Å². The van der Waals surface area contributed by atoms with Crippen molar-refractivity contribution >= 4 is 11.9 Å². The maximum Gasteiger partial charge on any atom is 0.361 e. The lowest BCUT2D eigenvalue weighted by Gasteiger charge is -2.12. The van der Waals surface area contributed by atoms with Crippen LogP contribution in [0.25, 0.3) is 11.3 Å². The summed E-state index contributed by atoms with van der Waals surface area (Å²) in [5, 5.41) is 10.2. The van der Waals surface area contributed by atoms with E-state index < -0.39 is 18.0 Å². The molecule has 0 aliphatic heterocycles. The molecule has 0 spiro atoms. The molecule has 1 aromatic heterocycles. The van der Waals surface area contributed by atoms with Crippen LogP contribution in [0.2, 0.25) is 0 Å². The van der Waals surface area contributed by atoms with Crippen LogP contribution in [0.5, 0.6) is 5.75 Å². The van der Waals surface area contributed by atoms with Crippen molar-refractivity contribution in [2.24, 2.45) is 0 Å². The first-order valence-electron chi connectivity index (χ1n) is 6.99. The second kappa shape index (κ2) is 7.39. The minimum atomic E-state index is -0.715. The average Bonchev–Trinajstić information content (AvgIpc) is 3.04. The molecular formula is C15H17N3O5. The zero-order chi connectivity index (χ0) is 16.8. The van der Waals surface area contributed by atoms with Crippen molar-refractivity contribution in [1.29, 1.82) is 0 Å². The molecule has 1 atom stereocenters. The molecule has 2 aromatic rings. The van der Waals surface area contributed by atoms with Crippen molar-refractivity contribution in [1.82, 2.24) is 15.4 Å². The molecule has 8 nitrogen and oxygen atoms in total. The first kappa shape index (κ1) is 16.5. The summed E-state index contributed by atoms with van der Waals surface area (Å²) in [5.41, 5.74) is 1.17.